The van der Waals surface area contributed by atoms with E-state index in [0.29, 0.717) is 16.9 Å². The molecule has 3 rings (SSSR count). The van der Waals surface area contributed by atoms with Crippen molar-refractivity contribution < 1.29 is 4.74 Å². The van der Waals surface area contributed by atoms with Crippen LogP contribution in [0.2, 0.25) is 5.02 Å². The van der Waals surface area contributed by atoms with Gasteiger partial charge in [0.2, 0.25) is 5.88 Å². The summed E-state index contributed by atoms with van der Waals surface area (Å²) in [6.07, 6.45) is 2.85. The minimum Gasteiger partial charge on any atom is -0.481 e. The van der Waals surface area contributed by atoms with Crippen LogP contribution in [-0.2, 0) is 6.54 Å². The van der Waals surface area contributed by atoms with Gasteiger partial charge in [-0.15, -0.1) is 0 Å². The van der Waals surface area contributed by atoms with Crippen molar-refractivity contribution in [2.75, 3.05) is 25.1 Å². The molecule has 1 aliphatic rings. The third kappa shape index (κ3) is 3.48. The summed E-state index contributed by atoms with van der Waals surface area (Å²) >= 11 is 6.21. The number of halogens is 1. The fourth-order valence-corrected chi connectivity index (χ4v) is 2.89. The minimum atomic E-state index is 0.408. The van der Waals surface area contributed by atoms with Crippen molar-refractivity contribution in [3.8, 4) is 5.88 Å². The Morgan fingerprint density at radius 1 is 1.36 bits per heavy atom. The molecule has 3 heterocycles. The van der Waals surface area contributed by atoms with Gasteiger partial charge in [0.15, 0.2) is 0 Å². The maximum atomic E-state index is 6.21. The van der Waals surface area contributed by atoms with Crippen LogP contribution in [0.5, 0.6) is 5.88 Å². The molecule has 1 unspecified atom stereocenters. The van der Waals surface area contributed by atoms with E-state index >= 15 is 0 Å². The highest BCUT2D eigenvalue weighted by Crippen LogP contribution is 2.25. The first-order valence-electron chi connectivity index (χ1n) is 7.35. The highest BCUT2D eigenvalue weighted by Gasteiger charge is 2.24. The van der Waals surface area contributed by atoms with Gasteiger partial charge in [0.05, 0.1) is 17.8 Å². The van der Waals surface area contributed by atoms with E-state index in [1.807, 2.05) is 30.3 Å². The van der Waals surface area contributed by atoms with Crippen LogP contribution in [0.15, 0.2) is 36.5 Å². The lowest BCUT2D eigenvalue weighted by Crippen LogP contribution is -2.32. The van der Waals surface area contributed by atoms with Gasteiger partial charge in [-0.1, -0.05) is 17.7 Å². The largest absolute Gasteiger partial charge is 0.481 e. The fraction of sp³-hybridized carbons (Fsp3) is 0.375. The van der Waals surface area contributed by atoms with E-state index in [0.717, 1.165) is 37.6 Å². The zero-order valence-corrected chi connectivity index (χ0v) is 13.3. The van der Waals surface area contributed by atoms with E-state index in [-0.39, 0.29) is 0 Å². The number of rotatable bonds is 5. The molecule has 1 aliphatic heterocycles. The van der Waals surface area contributed by atoms with E-state index in [1.165, 1.54) is 0 Å². The van der Waals surface area contributed by atoms with Gasteiger partial charge in [-0.3, -0.25) is 0 Å². The highest BCUT2D eigenvalue weighted by molar-refractivity contribution is 6.32. The first kappa shape index (κ1) is 15.1. The first-order chi connectivity index (χ1) is 10.8. The van der Waals surface area contributed by atoms with Crippen LogP contribution in [0.1, 0.15) is 12.1 Å². The second kappa shape index (κ2) is 6.94. The lowest BCUT2D eigenvalue weighted by molar-refractivity contribution is 0.395. The summed E-state index contributed by atoms with van der Waals surface area (Å²) in [6, 6.07) is 9.95. The molecule has 0 aromatic carbocycles. The van der Waals surface area contributed by atoms with Crippen molar-refractivity contribution in [3.63, 3.8) is 0 Å². The summed E-state index contributed by atoms with van der Waals surface area (Å²) in [6.45, 7) is 2.59. The van der Waals surface area contributed by atoms with E-state index < -0.39 is 0 Å². The summed E-state index contributed by atoms with van der Waals surface area (Å²) in [5, 5.41) is 4.24. The number of aromatic nitrogens is 2. The Hall–Kier alpha value is -1.85. The van der Waals surface area contributed by atoms with Gasteiger partial charge in [0.25, 0.3) is 0 Å². The van der Waals surface area contributed by atoms with Gasteiger partial charge in [-0.2, -0.15) is 0 Å². The quantitative estimate of drug-likeness (QED) is 0.918. The van der Waals surface area contributed by atoms with E-state index in [2.05, 4.69) is 20.2 Å². The molecule has 0 aliphatic carbocycles. The maximum absolute atomic E-state index is 6.21. The zero-order valence-electron chi connectivity index (χ0n) is 12.5. The van der Waals surface area contributed by atoms with Crippen LogP contribution in [0.25, 0.3) is 0 Å². The number of hydrogen-bond donors (Lipinski definition) is 1. The van der Waals surface area contributed by atoms with Crippen molar-refractivity contribution in [3.05, 3.63) is 47.2 Å². The monoisotopic (exact) mass is 318 g/mol. The van der Waals surface area contributed by atoms with Crippen LogP contribution in [0, 0.1) is 0 Å². The molecule has 1 atom stereocenters. The van der Waals surface area contributed by atoms with Gasteiger partial charge >= 0.3 is 0 Å². The molecule has 0 bridgehead atoms. The van der Waals surface area contributed by atoms with Gasteiger partial charge < -0.3 is 15.0 Å². The normalized spacial score (nSPS) is 17.7. The molecule has 6 heteroatoms. The number of ether oxygens (including phenoxy) is 1. The summed E-state index contributed by atoms with van der Waals surface area (Å²) in [4.78, 5) is 11.0. The van der Waals surface area contributed by atoms with Crippen LogP contribution < -0.4 is 15.0 Å². The lowest BCUT2D eigenvalue weighted by Gasteiger charge is -2.19. The van der Waals surface area contributed by atoms with Crippen LogP contribution in [-0.4, -0.2) is 36.2 Å². The third-order valence-corrected chi connectivity index (χ3v) is 4.08. The third-order valence-electron chi connectivity index (χ3n) is 3.79. The first-order valence-corrected chi connectivity index (χ1v) is 7.73. The van der Waals surface area contributed by atoms with Crippen LogP contribution in [0.4, 0.5) is 5.82 Å². The van der Waals surface area contributed by atoms with Crippen molar-refractivity contribution in [2.24, 2.45) is 0 Å². The Kier molecular flexibility index (Phi) is 4.75. The van der Waals surface area contributed by atoms with Crippen LogP contribution >= 0.6 is 11.6 Å². The fourth-order valence-electron chi connectivity index (χ4n) is 2.65. The molecule has 1 fully saturated rings. The number of nitrogens with zero attached hydrogens (tertiary/aromatic N) is 3. The summed E-state index contributed by atoms with van der Waals surface area (Å²) in [5.74, 6) is 1.51. The van der Waals surface area contributed by atoms with Crippen molar-refractivity contribution in [1.29, 1.82) is 0 Å². The minimum absolute atomic E-state index is 0.408. The molecule has 0 saturated carbocycles. The molecule has 1 N–H and O–H groups in total. The molecular formula is C16H19ClN4O. The van der Waals surface area contributed by atoms with E-state index in [4.69, 9.17) is 16.3 Å². The molecule has 0 radical (unpaired) electrons. The smallest absolute Gasteiger partial charge is 0.213 e. The van der Waals surface area contributed by atoms with Crippen LogP contribution in [0.3, 0.4) is 0 Å². The Morgan fingerprint density at radius 2 is 2.27 bits per heavy atom. The van der Waals surface area contributed by atoms with Gasteiger partial charge in [-0.25, -0.2) is 9.97 Å². The van der Waals surface area contributed by atoms with Crippen molar-refractivity contribution in [2.45, 2.75) is 19.0 Å². The Labute approximate surface area is 135 Å². The SMILES string of the molecule is COc1cccc(CNC2CCN(c3ncccc3Cl)C2)n1. The maximum Gasteiger partial charge on any atom is 0.213 e. The van der Waals surface area contributed by atoms with E-state index in [9.17, 15) is 0 Å². The predicted octanol–water partition coefficient (Wildman–Crippen LogP) is 2.51. The van der Waals surface area contributed by atoms with Gasteiger partial charge in [-0.05, 0) is 24.6 Å². The van der Waals surface area contributed by atoms with Gasteiger partial charge in [0.1, 0.15) is 5.82 Å². The summed E-state index contributed by atoms with van der Waals surface area (Å²) in [5.41, 5.74) is 0.980. The molecular weight excluding hydrogens is 300 g/mol. The van der Waals surface area contributed by atoms with Gasteiger partial charge in [0, 0.05) is 37.9 Å². The number of nitrogens with one attached hydrogen (secondary N) is 1. The molecule has 2 aromatic heterocycles. The molecule has 116 valence electrons. The second-order valence-corrected chi connectivity index (χ2v) is 5.70. The lowest BCUT2D eigenvalue weighted by atomic mass is 10.2. The number of methoxy groups -OCH3 is 1. The topological polar surface area (TPSA) is 50.3 Å². The summed E-state index contributed by atoms with van der Waals surface area (Å²) in [7, 11) is 1.63. The number of hydrogen-bond acceptors (Lipinski definition) is 5. The highest BCUT2D eigenvalue weighted by atomic mass is 35.5. The molecule has 2 aromatic rings. The molecule has 0 spiro atoms. The average Bonchev–Trinajstić information content (AvgIpc) is 3.02. The molecule has 1 saturated heterocycles. The Balaban J connectivity index is 1.56. The molecule has 5 nitrogen and oxygen atoms in total. The molecule has 22 heavy (non-hydrogen) atoms. The number of anilines is 1. The average molecular weight is 319 g/mol. The van der Waals surface area contributed by atoms with E-state index in [1.54, 1.807) is 13.3 Å². The standard InChI is InChI=1S/C16H19ClN4O/c1-22-15-6-2-4-12(20-15)10-19-13-7-9-21(11-13)16-14(17)5-3-8-18-16/h2-6,8,13,19H,7,9-11H2,1H3. The van der Waals surface area contributed by atoms with Crippen molar-refractivity contribution in [1.82, 2.24) is 15.3 Å². The Bertz CT molecular complexity index is 637. The predicted molar refractivity (Wildman–Crippen MR) is 87.5 cm³/mol. The summed E-state index contributed by atoms with van der Waals surface area (Å²) < 4.78 is 5.14. The second-order valence-electron chi connectivity index (χ2n) is 5.29. The Morgan fingerprint density at radius 3 is 3.09 bits per heavy atom. The zero-order chi connectivity index (χ0) is 15.4. The van der Waals surface area contributed by atoms with Crippen molar-refractivity contribution >= 4 is 17.4 Å². The number of pyridine rings is 2. The molecule has 0 amide bonds.